The molecule has 272 valence electrons. The van der Waals surface area contributed by atoms with E-state index in [2.05, 4.69) is 6.58 Å². The third kappa shape index (κ3) is 6.28. The summed E-state index contributed by atoms with van der Waals surface area (Å²) < 4.78 is 15.3. The number of carboxylic acids is 1. The number of hydrogen-bond donors (Lipinski definition) is 1. The molecule has 6 rings (SSSR count). The van der Waals surface area contributed by atoms with Crippen molar-refractivity contribution in [1.29, 1.82) is 0 Å². The Morgan fingerprint density at radius 2 is 1.40 bits per heavy atom. The minimum Gasteiger partial charge on any atom is -0.481 e. The zero-order chi connectivity index (χ0) is 38.4. The van der Waals surface area contributed by atoms with Crippen molar-refractivity contribution in [3.8, 4) is 0 Å². The Balaban J connectivity index is 1.66. The van der Waals surface area contributed by atoms with Gasteiger partial charge in [-0.2, -0.15) is 0 Å². The second kappa shape index (κ2) is 14.2. The Morgan fingerprint density at radius 1 is 0.755 bits per heavy atom. The molecule has 0 unspecified atom stereocenters. The lowest BCUT2D eigenvalue weighted by Crippen LogP contribution is -2.41. The molecule has 0 saturated heterocycles. The van der Waals surface area contributed by atoms with Crippen LogP contribution < -0.4 is 0 Å². The minimum atomic E-state index is -1.21. The van der Waals surface area contributed by atoms with Crippen molar-refractivity contribution < 1.29 is 38.5 Å². The molecule has 0 fully saturated rings. The van der Waals surface area contributed by atoms with Gasteiger partial charge >= 0.3 is 23.9 Å². The molecule has 0 amide bonds. The van der Waals surface area contributed by atoms with E-state index in [4.69, 9.17) is 34.2 Å². The van der Waals surface area contributed by atoms with Crippen LogP contribution in [0.3, 0.4) is 0 Å². The summed E-state index contributed by atoms with van der Waals surface area (Å²) in [5.41, 5.74) is 8.81. The van der Waals surface area contributed by atoms with Crippen LogP contribution in [0.2, 0.25) is 0 Å². The van der Waals surface area contributed by atoms with E-state index in [9.17, 15) is 24.3 Å². The van der Waals surface area contributed by atoms with Gasteiger partial charge in [-0.1, -0.05) is 24.8 Å². The Hall–Kier alpha value is -6.04. The molecular weight excluding hydrogens is 676 g/mol. The van der Waals surface area contributed by atoms with Gasteiger partial charge in [0.1, 0.15) is 5.92 Å². The van der Waals surface area contributed by atoms with Gasteiger partial charge in [0.15, 0.2) is 0 Å². The van der Waals surface area contributed by atoms with Crippen LogP contribution in [0.5, 0.6) is 0 Å². The summed E-state index contributed by atoms with van der Waals surface area (Å²) in [6.07, 6.45) is 12.9. The predicted molar refractivity (Wildman–Crippen MR) is 200 cm³/mol. The van der Waals surface area contributed by atoms with Gasteiger partial charge in [0.05, 0.1) is 78.0 Å². The van der Waals surface area contributed by atoms with Gasteiger partial charge in [-0.25, -0.2) is 19.8 Å². The van der Waals surface area contributed by atoms with E-state index >= 15 is 0 Å². The predicted octanol–water partition coefficient (Wildman–Crippen LogP) is 6.14. The molecule has 12 nitrogen and oxygen atoms in total. The molecule has 8 bridgehead atoms. The first-order chi connectivity index (χ1) is 25.3. The lowest BCUT2D eigenvalue weighted by molar-refractivity contribution is -0.150. The lowest BCUT2D eigenvalue weighted by atomic mass is 9.64. The van der Waals surface area contributed by atoms with Gasteiger partial charge < -0.3 is 19.3 Å². The number of carboxylic acid groups (broad SMARTS) is 1. The number of aliphatic imine (C=N–C) groups is 4. The maximum atomic E-state index is 13.7. The molecule has 0 saturated carbocycles. The molecule has 5 heterocycles. The molecule has 0 aromatic rings. The molecule has 0 aromatic heterocycles. The summed E-state index contributed by atoms with van der Waals surface area (Å²) >= 11 is 0. The number of carbonyl (C=O) groups excluding carboxylic acids is 3. The SMILES string of the molecule is C=CC1=C(C)C2=CC3=NC(=CC4=NC(=CC5=NC(=CC1=N2)C(C)=C5CCC(=O)OC)C(CCC(=O)O)=C4C)[C@@]1(C)C3=CC=C(C(=O)OC)[C@H]1C(=O)OC. The number of rotatable bonds is 9. The molecule has 12 heteroatoms. The van der Waals surface area contributed by atoms with E-state index in [-0.39, 0.29) is 30.8 Å². The smallest absolute Gasteiger partial charge is 0.334 e. The molecule has 2 atom stereocenters. The van der Waals surface area contributed by atoms with E-state index in [0.717, 1.165) is 27.9 Å². The molecule has 0 spiro atoms. The van der Waals surface area contributed by atoms with Crippen LogP contribution in [0.1, 0.15) is 53.4 Å². The van der Waals surface area contributed by atoms with Crippen molar-refractivity contribution in [2.24, 2.45) is 31.3 Å². The average molecular weight is 717 g/mol. The first-order valence-corrected chi connectivity index (χ1v) is 17.1. The number of esters is 3. The van der Waals surface area contributed by atoms with Crippen LogP contribution in [0, 0.1) is 11.3 Å². The number of nitrogens with zero attached hydrogens (tertiary/aromatic N) is 4. The highest BCUT2D eigenvalue weighted by molar-refractivity contribution is 6.21. The van der Waals surface area contributed by atoms with Crippen molar-refractivity contribution >= 4 is 46.7 Å². The molecule has 0 aromatic carbocycles. The van der Waals surface area contributed by atoms with Gasteiger partial charge in [-0.05, 0) is 98.3 Å². The van der Waals surface area contributed by atoms with Gasteiger partial charge in [0.25, 0.3) is 0 Å². The Labute approximate surface area is 307 Å². The van der Waals surface area contributed by atoms with Crippen LogP contribution in [0.4, 0.5) is 0 Å². The fourth-order valence-electron chi connectivity index (χ4n) is 7.53. The number of methoxy groups -OCH3 is 3. The van der Waals surface area contributed by atoms with E-state index in [0.29, 0.717) is 63.2 Å². The highest BCUT2D eigenvalue weighted by Gasteiger charge is 2.55. The van der Waals surface area contributed by atoms with Gasteiger partial charge in [-0.3, -0.25) is 19.4 Å². The van der Waals surface area contributed by atoms with Crippen LogP contribution in [-0.4, -0.2) is 73.2 Å². The summed E-state index contributed by atoms with van der Waals surface area (Å²) in [6, 6.07) is 0. The number of aliphatic carboxylic acids is 1. The van der Waals surface area contributed by atoms with Crippen LogP contribution in [-0.2, 0) is 33.4 Å². The van der Waals surface area contributed by atoms with Crippen molar-refractivity contribution in [2.75, 3.05) is 21.3 Å². The summed E-state index contributed by atoms with van der Waals surface area (Å²) in [7, 11) is 3.86. The lowest BCUT2D eigenvalue weighted by Gasteiger charge is -2.37. The molecule has 1 N–H and O–H groups in total. The number of hydrogen-bond acceptors (Lipinski definition) is 11. The molecule has 0 radical (unpaired) electrons. The number of ether oxygens (including phenoxy) is 3. The topological polar surface area (TPSA) is 166 Å². The van der Waals surface area contributed by atoms with Crippen molar-refractivity contribution in [1.82, 2.24) is 0 Å². The molecule has 1 aliphatic carbocycles. The summed E-state index contributed by atoms with van der Waals surface area (Å²) in [5.74, 6) is -3.77. The van der Waals surface area contributed by atoms with Crippen molar-refractivity contribution in [3.63, 3.8) is 0 Å². The number of fused-ring (bicyclic) bond motifs is 7. The summed E-state index contributed by atoms with van der Waals surface area (Å²) in [5, 5.41) is 9.66. The Morgan fingerprint density at radius 3 is 2.06 bits per heavy atom. The molecule has 6 aliphatic rings. The second-order valence-corrected chi connectivity index (χ2v) is 13.4. The highest BCUT2D eigenvalue weighted by atomic mass is 16.5. The van der Waals surface area contributed by atoms with Crippen molar-refractivity contribution in [2.45, 2.75) is 53.4 Å². The number of carbonyl (C=O) groups is 4. The maximum absolute atomic E-state index is 13.7. The molecule has 53 heavy (non-hydrogen) atoms. The average Bonchev–Trinajstić information content (AvgIpc) is 3.79. The van der Waals surface area contributed by atoms with Gasteiger partial charge in [-0.15, -0.1) is 0 Å². The first-order valence-electron chi connectivity index (χ1n) is 17.1. The van der Waals surface area contributed by atoms with E-state index in [1.54, 1.807) is 24.3 Å². The zero-order valence-electron chi connectivity index (χ0n) is 30.7. The van der Waals surface area contributed by atoms with Crippen molar-refractivity contribution in [3.05, 3.63) is 116 Å². The summed E-state index contributed by atoms with van der Waals surface area (Å²) in [6.45, 7) is 11.6. The Bertz CT molecular complexity index is 2220. The molecular formula is C41H40N4O8. The van der Waals surface area contributed by atoms with Crippen LogP contribution in [0.25, 0.3) is 0 Å². The fraction of sp³-hybridized carbons (Fsp3) is 0.317. The Kier molecular flexibility index (Phi) is 9.83. The highest BCUT2D eigenvalue weighted by Crippen LogP contribution is 2.54. The monoisotopic (exact) mass is 716 g/mol. The third-order valence-electron chi connectivity index (χ3n) is 10.6. The largest absolute Gasteiger partial charge is 0.481 e. The molecule has 5 aliphatic heterocycles. The second-order valence-electron chi connectivity index (χ2n) is 13.4. The third-order valence-corrected chi connectivity index (χ3v) is 10.6. The van der Waals surface area contributed by atoms with E-state index < -0.39 is 29.2 Å². The van der Waals surface area contributed by atoms with Crippen LogP contribution >= 0.6 is 0 Å². The van der Waals surface area contributed by atoms with Crippen LogP contribution in [0.15, 0.2) is 136 Å². The minimum absolute atomic E-state index is 0.114. The quantitative estimate of drug-likeness (QED) is 0.219. The van der Waals surface area contributed by atoms with E-state index in [1.807, 2.05) is 45.9 Å². The number of allylic oxidation sites excluding steroid dienone is 14. The zero-order valence-corrected chi connectivity index (χ0v) is 30.7. The maximum Gasteiger partial charge on any atom is 0.334 e. The standard InChI is InChI=1S/C41H40N4O8/c1-9-23-20(2)29-17-34-27-13-10-26(39(49)52-7)38(40(50)53-8)41(27,5)35(45-34)19-30-22(4)24(11-14-36(46)47)32(44-30)18-33-25(12-15-37(48)51-6)21(3)28(43-33)16-31(23)42-29/h9-10,13,16-19,38H,1,11-12,14-15H2,2-8H3,(H,46,47)/t38-,41+/m0/s1. The van der Waals surface area contributed by atoms with E-state index in [1.165, 1.54) is 21.3 Å². The fourth-order valence-corrected chi connectivity index (χ4v) is 7.53. The first kappa shape index (κ1) is 36.7. The summed E-state index contributed by atoms with van der Waals surface area (Å²) in [4.78, 5) is 71.0. The van der Waals surface area contributed by atoms with Gasteiger partial charge in [0, 0.05) is 18.4 Å². The normalized spacial score (nSPS) is 23.0. The van der Waals surface area contributed by atoms with Gasteiger partial charge in [0.2, 0.25) is 0 Å².